The van der Waals surface area contributed by atoms with E-state index in [4.69, 9.17) is 14.2 Å². The molecule has 1 amide bonds. The maximum absolute atomic E-state index is 12.4. The quantitative estimate of drug-likeness (QED) is 0.454. The predicted octanol–water partition coefficient (Wildman–Crippen LogP) is -0.869. The number of rotatable bonds is 5. The highest BCUT2D eigenvalue weighted by Gasteiger charge is 2.44. The number of ether oxygens (including phenoxy) is 3. The van der Waals surface area contributed by atoms with Crippen LogP contribution < -0.4 is 0 Å². The first kappa shape index (κ1) is 21.5. The summed E-state index contributed by atoms with van der Waals surface area (Å²) < 4.78 is 15.4. The third kappa shape index (κ3) is 5.03. The van der Waals surface area contributed by atoms with Gasteiger partial charge in [-0.3, -0.25) is 4.90 Å². The first-order valence-electron chi connectivity index (χ1n) is 9.40. The van der Waals surface area contributed by atoms with E-state index >= 15 is 0 Å². The Labute approximate surface area is 167 Å². The van der Waals surface area contributed by atoms with Gasteiger partial charge in [-0.25, -0.2) is 9.59 Å². The van der Waals surface area contributed by atoms with Gasteiger partial charge in [0.15, 0.2) is 6.29 Å². The number of esters is 1. The van der Waals surface area contributed by atoms with Crippen molar-refractivity contribution in [1.29, 1.82) is 0 Å². The molecule has 0 aliphatic carbocycles. The first-order valence-corrected chi connectivity index (χ1v) is 9.40. The third-order valence-corrected chi connectivity index (χ3v) is 5.04. The van der Waals surface area contributed by atoms with Gasteiger partial charge in [-0.2, -0.15) is 0 Å². The molecule has 0 aromatic heterocycles. The van der Waals surface area contributed by atoms with Gasteiger partial charge in [0.05, 0.1) is 0 Å². The standard InChI is InChI=1S/C19H25NO9/c21-14-13(29-18(25)16(23)15(14)22)10-27-17(24)12-7-4-8-20(12)19(26)28-9-11-5-2-1-3-6-11/h1-3,5-6,12-16,18,21-23,25H,4,7-10H2/t12-,13+,14+,15-,16+,18+/m1/s1. The molecule has 0 unspecified atom stereocenters. The normalized spacial score (nSPS) is 32.1. The summed E-state index contributed by atoms with van der Waals surface area (Å²) in [5, 5.41) is 38.6. The van der Waals surface area contributed by atoms with Crippen LogP contribution in [0.15, 0.2) is 30.3 Å². The zero-order valence-corrected chi connectivity index (χ0v) is 15.7. The van der Waals surface area contributed by atoms with Gasteiger partial charge in [-0.05, 0) is 18.4 Å². The summed E-state index contributed by atoms with van der Waals surface area (Å²) >= 11 is 0. The Morgan fingerprint density at radius 2 is 1.76 bits per heavy atom. The minimum absolute atomic E-state index is 0.0815. The van der Waals surface area contributed by atoms with E-state index in [0.717, 1.165) is 5.56 Å². The lowest BCUT2D eigenvalue weighted by Gasteiger charge is -2.38. The molecular weight excluding hydrogens is 386 g/mol. The number of aliphatic hydroxyl groups is 4. The van der Waals surface area contributed by atoms with Crippen LogP contribution in [0.3, 0.4) is 0 Å². The molecule has 0 bridgehead atoms. The van der Waals surface area contributed by atoms with Crippen molar-refractivity contribution in [2.75, 3.05) is 13.2 Å². The van der Waals surface area contributed by atoms with Gasteiger partial charge >= 0.3 is 12.1 Å². The number of nitrogens with zero attached hydrogens (tertiary/aromatic N) is 1. The molecule has 29 heavy (non-hydrogen) atoms. The average Bonchev–Trinajstić information content (AvgIpc) is 3.23. The fraction of sp³-hybridized carbons (Fsp3) is 0.579. The van der Waals surface area contributed by atoms with Crippen LogP contribution in [0.25, 0.3) is 0 Å². The highest BCUT2D eigenvalue weighted by molar-refractivity contribution is 5.82. The first-order chi connectivity index (χ1) is 13.9. The van der Waals surface area contributed by atoms with Gasteiger partial charge in [-0.15, -0.1) is 0 Å². The maximum Gasteiger partial charge on any atom is 0.410 e. The van der Waals surface area contributed by atoms with Gasteiger partial charge in [0, 0.05) is 6.54 Å². The second-order valence-corrected chi connectivity index (χ2v) is 7.06. The smallest absolute Gasteiger partial charge is 0.410 e. The number of carbonyl (C=O) groups is 2. The highest BCUT2D eigenvalue weighted by Crippen LogP contribution is 2.23. The van der Waals surface area contributed by atoms with Crippen LogP contribution in [0.1, 0.15) is 18.4 Å². The van der Waals surface area contributed by atoms with E-state index in [1.54, 1.807) is 0 Å². The van der Waals surface area contributed by atoms with Crippen molar-refractivity contribution in [2.24, 2.45) is 0 Å². The van der Waals surface area contributed by atoms with Crippen LogP contribution in [0.5, 0.6) is 0 Å². The fourth-order valence-corrected chi connectivity index (χ4v) is 3.36. The Hall–Kier alpha value is -2.24. The van der Waals surface area contributed by atoms with Crippen LogP contribution in [0.2, 0.25) is 0 Å². The number of hydrogen-bond acceptors (Lipinski definition) is 9. The minimum Gasteiger partial charge on any atom is -0.461 e. The van der Waals surface area contributed by atoms with E-state index < -0.39 is 55.4 Å². The summed E-state index contributed by atoms with van der Waals surface area (Å²) in [5.74, 6) is -0.704. The van der Waals surface area contributed by atoms with E-state index in [0.29, 0.717) is 19.4 Å². The molecule has 2 saturated heterocycles. The zero-order valence-electron chi connectivity index (χ0n) is 15.7. The lowest BCUT2D eigenvalue weighted by Crippen LogP contribution is -2.58. The number of benzene rings is 1. The van der Waals surface area contributed by atoms with Crippen molar-refractivity contribution >= 4 is 12.1 Å². The van der Waals surface area contributed by atoms with Crippen molar-refractivity contribution < 1.29 is 44.2 Å². The molecule has 10 heteroatoms. The van der Waals surface area contributed by atoms with Crippen molar-refractivity contribution in [3.63, 3.8) is 0 Å². The van der Waals surface area contributed by atoms with Crippen molar-refractivity contribution in [1.82, 2.24) is 4.90 Å². The molecule has 0 spiro atoms. The zero-order chi connectivity index (χ0) is 21.0. The van der Waals surface area contributed by atoms with E-state index in [1.165, 1.54) is 4.90 Å². The summed E-state index contributed by atoms with van der Waals surface area (Å²) in [6, 6.07) is 8.31. The Morgan fingerprint density at radius 1 is 1.03 bits per heavy atom. The summed E-state index contributed by atoms with van der Waals surface area (Å²) in [5.41, 5.74) is 0.821. The Kier molecular flexibility index (Phi) is 7.04. The van der Waals surface area contributed by atoms with Gasteiger partial charge in [0.25, 0.3) is 0 Å². The summed E-state index contributed by atoms with van der Waals surface area (Å²) in [4.78, 5) is 26.1. The lowest BCUT2D eigenvalue weighted by atomic mass is 9.99. The molecular formula is C19H25NO9. The van der Waals surface area contributed by atoms with Crippen molar-refractivity contribution in [2.45, 2.75) is 56.2 Å². The molecule has 2 aliphatic heterocycles. The van der Waals surface area contributed by atoms with Gasteiger partial charge < -0.3 is 34.6 Å². The van der Waals surface area contributed by atoms with E-state index in [9.17, 15) is 30.0 Å². The molecule has 3 rings (SSSR count). The fourth-order valence-electron chi connectivity index (χ4n) is 3.36. The highest BCUT2D eigenvalue weighted by atomic mass is 16.7. The largest absolute Gasteiger partial charge is 0.461 e. The van der Waals surface area contributed by atoms with E-state index in [2.05, 4.69) is 0 Å². The average molecular weight is 411 g/mol. The van der Waals surface area contributed by atoms with Crippen LogP contribution in [-0.4, -0.2) is 87.3 Å². The van der Waals surface area contributed by atoms with E-state index in [1.807, 2.05) is 30.3 Å². The molecule has 2 fully saturated rings. The predicted molar refractivity (Wildman–Crippen MR) is 96.2 cm³/mol. The Morgan fingerprint density at radius 3 is 2.48 bits per heavy atom. The van der Waals surface area contributed by atoms with Crippen LogP contribution in [-0.2, 0) is 25.6 Å². The Balaban J connectivity index is 1.51. The summed E-state index contributed by atoms with van der Waals surface area (Å²) in [7, 11) is 0. The molecule has 1 aromatic carbocycles. The van der Waals surface area contributed by atoms with E-state index in [-0.39, 0.29) is 6.61 Å². The summed E-state index contributed by atoms with van der Waals surface area (Å²) in [6.45, 7) is -0.0258. The van der Waals surface area contributed by atoms with Crippen molar-refractivity contribution in [3.8, 4) is 0 Å². The topological polar surface area (TPSA) is 146 Å². The van der Waals surface area contributed by atoms with Crippen LogP contribution in [0.4, 0.5) is 4.79 Å². The molecule has 160 valence electrons. The SMILES string of the molecule is O=C(OC[C@@H]1O[C@H](O)[C@@H](O)[C@H](O)[C@H]1O)[C@H]1CCCN1C(=O)OCc1ccccc1. The molecule has 0 saturated carbocycles. The molecule has 2 aliphatic rings. The molecule has 10 nitrogen and oxygen atoms in total. The molecule has 4 N–H and O–H groups in total. The number of aliphatic hydroxyl groups excluding tert-OH is 4. The van der Waals surface area contributed by atoms with Crippen molar-refractivity contribution in [3.05, 3.63) is 35.9 Å². The molecule has 2 heterocycles. The molecule has 1 aromatic rings. The summed E-state index contributed by atoms with van der Waals surface area (Å²) in [6.07, 6.45) is -7.41. The van der Waals surface area contributed by atoms with Gasteiger partial charge in [0.2, 0.25) is 0 Å². The number of amides is 1. The third-order valence-electron chi connectivity index (χ3n) is 5.04. The van der Waals surface area contributed by atoms with Crippen LogP contribution >= 0.6 is 0 Å². The number of hydrogen-bond donors (Lipinski definition) is 4. The minimum atomic E-state index is -1.71. The monoisotopic (exact) mass is 411 g/mol. The molecule has 6 atom stereocenters. The number of carbonyl (C=O) groups excluding carboxylic acids is 2. The second-order valence-electron chi connectivity index (χ2n) is 7.06. The molecule has 0 radical (unpaired) electrons. The van der Waals surface area contributed by atoms with Crippen LogP contribution in [0, 0.1) is 0 Å². The Bertz CT molecular complexity index is 700. The van der Waals surface area contributed by atoms with Gasteiger partial charge in [-0.1, -0.05) is 30.3 Å². The number of likely N-dealkylation sites (tertiary alicyclic amines) is 1. The second kappa shape index (κ2) is 9.51. The lowest BCUT2D eigenvalue weighted by molar-refractivity contribution is -0.287. The maximum atomic E-state index is 12.4. The van der Waals surface area contributed by atoms with Gasteiger partial charge in [0.1, 0.15) is 43.7 Å².